The molecule has 1 aliphatic heterocycles. The van der Waals surface area contributed by atoms with E-state index in [1.165, 1.54) is 12.8 Å². The van der Waals surface area contributed by atoms with Crippen molar-refractivity contribution in [3.63, 3.8) is 0 Å². The second-order valence-corrected chi connectivity index (χ2v) is 7.24. The Morgan fingerprint density at radius 3 is 2.44 bits per heavy atom. The van der Waals surface area contributed by atoms with Gasteiger partial charge in [0, 0.05) is 44.3 Å². The van der Waals surface area contributed by atoms with Gasteiger partial charge in [-0.1, -0.05) is 30.3 Å². The zero-order valence-electron chi connectivity index (χ0n) is 14.7. The molecule has 1 saturated heterocycles. The average Bonchev–Trinajstić information content (AvgIpc) is 3.36. The fourth-order valence-electron chi connectivity index (χ4n) is 3.70. The highest BCUT2D eigenvalue weighted by atomic mass is 16.2. The van der Waals surface area contributed by atoms with Gasteiger partial charge in [0.15, 0.2) is 5.78 Å². The van der Waals surface area contributed by atoms with Gasteiger partial charge < -0.3 is 10.2 Å². The Balaban J connectivity index is 1.44. The maximum atomic E-state index is 12.3. The highest BCUT2D eigenvalue weighted by Crippen LogP contribution is 2.41. The molecule has 1 heterocycles. The van der Waals surface area contributed by atoms with E-state index >= 15 is 0 Å². The maximum absolute atomic E-state index is 12.3. The second kappa shape index (κ2) is 7.81. The van der Waals surface area contributed by atoms with Gasteiger partial charge in [-0.15, -0.1) is 0 Å². The van der Waals surface area contributed by atoms with E-state index in [9.17, 15) is 14.4 Å². The summed E-state index contributed by atoms with van der Waals surface area (Å²) in [5.41, 5.74) is 0.699. The van der Waals surface area contributed by atoms with Gasteiger partial charge in [-0.25, -0.2) is 0 Å². The minimum absolute atomic E-state index is 0.0121. The van der Waals surface area contributed by atoms with Crippen molar-refractivity contribution < 1.29 is 14.4 Å². The van der Waals surface area contributed by atoms with Gasteiger partial charge in [-0.2, -0.15) is 0 Å². The number of nitrogens with one attached hydrogen (secondary N) is 1. The minimum Gasteiger partial charge on any atom is -0.351 e. The predicted molar refractivity (Wildman–Crippen MR) is 95.0 cm³/mol. The van der Waals surface area contributed by atoms with Gasteiger partial charge in [0.2, 0.25) is 11.8 Å². The lowest BCUT2D eigenvalue weighted by atomic mass is 9.98. The number of carbonyl (C=O) groups is 3. The number of hydrogen-bond acceptors (Lipinski definition) is 3. The molecule has 3 rings (SSSR count). The van der Waals surface area contributed by atoms with E-state index in [0.29, 0.717) is 43.2 Å². The van der Waals surface area contributed by atoms with Crippen LogP contribution in [0.1, 0.15) is 49.4 Å². The van der Waals surface area contributed by atoms with Crippen LogP contribution in [0.3, 0.4) is 0 Å². The van der Waals surface area contributed by atoms with E-state index in [1.807, 2.05) is 23.1 Å². The number of amides is 2. The molecule has 0 aromatic heterocycles. The van der Waals surface area contributed by atoms with Crippen LogP contribution in [0.15, 0.2) is 30.3 Å². The van der Waals surface area contributed by atoms with Crippen molar-refractivity contribution in [3.05, 3.63) is 35.9 Å². The van der Waals surface area contributed by atoms with Gasteiger partial charge in [0.25, 0.3) is 0 Å². The average molecular weight is 342 g/mol. The molecule has 0 spiro atoms. The molecule has 2 aliphatic rings. The molecule has 1 saturated carbocycles. The van der Waals surface area contributed by atoms with Gasteiger partial charge in [0.1, 0.15) is 0 Å². The van der Waals surface area contributed by atoms with E-state index in [2.05, 4.69) is 5.32 Å². The van der Waals surface area contributed by atoms with Gasteiger partial charge in [-0.3, -0.25) is 14.4 Å². The maximum Gasteiger partial charge on any atom is 0.220 e. The summed E-state index contributed by atoms with van der Waals surface area (Å²) < 4.78 is 0. The molecule has 1 N–H and O–H groups in total. The molecular weight excluding hydrogens is 316 g/mol. The molecule has 0 unspecified atom stereocenters. The number of carbonyl (C=O) groups excluding carboxylic acids is 3. The smallest absolute Gasteiger partial charge is 0.220 e. The molecule has 0 radical (unpaired) electrons. The number of Topliss-reactive ketones (excluding diaryl/α,β-unsaturated/α-hetero) is 1. The first kappa shape index (κ1) is 17.6. The Bertz CT molecular complexity index is 640. The first-order chi connectivity index (χ1) is 12.0. The topological polar surface area (TPSA) is 66.5 Å². The number of rotatable bonds is 7. The second-order valence-electron chi connectivity index (χ2n) is 7.24. The van der Waals surface area contributed by atoms with Crippen molar-refractivity contribution in [1.82, 2.24) is 10.2 Å². The minimum atomic E-state index is -0.0121. The molecule has 134 valence electrons. The molecule has 1 aliphatic carbocycles. The van der Waals surface area contributed by atoms with Crippen LogP contribution < -0.4 is 5.32 Å². The van der Waals surface area contributed by atoms with Crippen LogP contribution in [-0.2, 0) is 9.59 Å². The summed E-state index contributed by atoms with van der Waals surface area (Å²) in [6.07, 6.45) is 3.69. The Morgan fingerprint density at radius 2 is 1.80 bits per heavy atom. The lowest BCUT2D eigenvalue weighted by molar-refractivity contribution is -0.128. The SMILES string of the molecule is CC(=O)N1C[C@@H](NC(=O)CCCC(=O)c2ccccc2)[C@H](C2CC2)C1. The van der Waals surface area contributed by atoms with Crippen molar-refractivity contribution >= 4 is 17.6 Å². The monoisotopic (exact) mass is 342 g/mol. The van der Waals surface area contributed by atoms with Crippen LogP contribution in [-0.4, -0.2) is 41.6 Å². The number of nitrogens with zero attached hydrogens (tertiary/aromatic N) is 1. The third-order valence-corrected chi connectivity index (χ3v) is 5.29. The summed E-state index contributed by atoms with van der Waals surface area (Å²) in [4.78, 5) is 37.8. The van der Waals surface area contributed by atoms with Crippen molar-refractivity contribution in [2.24, 2.45) is 11.8 Å². The van der Waals surface area contributed by atoms with Crippen molar-refractivity contribution in [3.8, 4) is 0 Å². The first-order valence-electron chi connectivity index (χ1n) is 9.17. The van der Waals surface area contributed by atoms with Crippen LogP contribution >= 0.6 is 0 Å². The lowest BCUT2D eigenvalue weighted by Crippen LogP contribution is -2.41. The Morgan fingerprint density at radius 1 is 1.08 bits per heavy atom. The Kier molecular flexibility index (Phi) is 5.51. The van der Waals surface area contributed by atoms with E-state index < -0.39 is 0 Å². The molecule has 2 amide bonds. The summed E-state index contributed by atoms with van der Waals surface area (Å²) in [6.45, 7) is 2.96. The molecular formula is C20H26N2O3. The highest BCUT2D eigenvalue weighted by Gasteiger charge is 2.43. The van der Waals surface area contributed by atoms with Crippen molar-refractivity contribution in [2.45, 2.75) is 45.1 Å². The number of ketones is 1. The molecule has 5 nitrogen and oxygen atoms in total. The number of hydrogen-bond donors (Lipinski definition) is 1. The third-order valence-electron chi connectivity index (χ3n) is 5.29. The summed E-state index contributed by atoms with van der Waals surface area (Å²) in [5, 5.41) is 3.10. The van der Waals surface area contributed by atoms with Gasteiger partial charge in [0.05, 0.1) is 6.04 Å². The molecule has 1 aromatic rings. The fraction of sp³-hybridized carbons (Fsp3) is 0.550. The van der Waals surface area contributed by atoms with E-state index in [-0.39, 0.29) is 23.6 Å². The Labute approximate surface area is 148 Å². The zero-order valence-corrected chi connectivity index (χ0v) is 14.7. The van der Waals surface area contributed by atoms with E-state index in [1.54, 1.807) is 19.1 Å². The van der Waals surface area contributed by atoms with E-state index in [4.69, 9.17) is 0 Å². The third kappa shape index (κ3) is 4.68. The lowest BCUT2D eigenvalue weighted by Gasteiger charge is -2.19. The molecule has 2 fully saturated rings. The molecule has 25 heavy (non-hydrogen) atoms. The van der Waals surface area contributed by atoms with Gasteiger partial charge in [-0.05, 0) is 25.2 Å². The van der Waals surface area contributed by atoms with Crippen LogP contribution in [0.25, 0.3) is 0 Å². The number of likely N-dealkylation sites (tertiary alicyclic amines) is 1. The van der Waals surface area contributed by atoms with Crippen LogP contribution in [0, 0.1) is 11.8 Å². The highest BCUT2D eigenvalue weighted by molar-refractivity contribution is 5.96. The van der Waals surface area contributed by atoms with Crippen LogP contribution in [0.4, 0.5) is 0 Å². The molecule has 2 atom stereocenters. The molecule has 0 bridgehead atoms. The normalized spacial score (nSPS) is 22.7. The van der Waals surface area contributed by atoms with Crippen molar-refractivity contribution in [1.29, 1.82) is 0 Å². The predicted octanol–water partition coefficient (Wildman–Crippen LogP) is 2.41. The summed E-state index contributed by atoms with van der Waals surface area (Å²) in [6, 6.07) is 9.24. The molecule has 5 heteroatoms. The largest absolute Gasteiger partial charge is 0.351 e. The first-order valence-corrected chi connectivity index (χ1v) is 9.17. The summed E-state index contributed by atoms with van der Waals surface area (Å²) in [5.74, 6) is 1.18. The van der Waals surface area contributed by atoms with E-state index in [0.717, 1.165) is 6.54 Å². The van der Waals surface area contributed by atoms with Gasteiger partial charge >= 0.3 is 0 Å². The zero-order chi connectivity index (χ0) is 17.8. The Hall–Kier alpha value is -2.17. The van der Waals surface area contributed by atoms with Crippen LogP contribution in [0.5, 0.6) is 0 Å². The number of benzene rings is 1. The quantitative estimate of drug-likeness (QED) is 0.774. The standard InChI is InChI=1S/C20H26N2O3/c1-14(23)22-12-17(15-10-11-15)18(13-22)21-20(25)9-5-8-19(24)16-6-3-2-4-7-16/h2-4,6-7,15,17-18H,5,8-13H2,1H3,(H,21,25)/t17-,18+/m0/s1. The fourth-order valence-corrected chi connectivity index (χ4v) is 3.70. The van der Waals surface area contributed by atoms with Crippen LogP contribution in [0.2, 0.25) is 0 Å². The molecule has 1 aromatic carbocycles. The summed E-state index contributed by atoms with van der Waals surface area (Å²) in [7, 11) is 0. The summed E-state index contributed by atoms with van der Waals surface area (Å²) >= 11 is 0. The van der Waals surface area contributed by atoms with Crippen molar-refractivity contribution in [2.75, 3.05) is 13.1 Å².